The van der Waals surface area contributed by atoms with Gasteiger partial charge in [-0.2, -0.15) is 75.8 Å². The van der Waals surface area contributed by atoms with Crippen molar-refractivity contribution in [1.82, 2.24) is 64.1 Å². The zero-order valence-corrected chi connectivity index (χ0v) is 95.4. The summed E-state index contributed by atoms with van der Waals surface area (Å²) in [5.41, 5.74) is 32.4. The highest BCUT2D eigenvalue weighted by Gasteiger charge is 2.35. The van der Waals surface area contributed by atoms with Gasteiger partial charge in [0.1, 0.15) is 0 Å². The Balaban J connectivity index is -0.000000205. The van der Waals surface area contributed by atoms with Crippen LogP contribution in [-0.4, -0.2) is 352 Å². The molecule has 0 heterocycles. The van der Waals surface area contributed by atoms with Crippen molar-refractivity contribution < 1.29 is 170 Å². The molecule has 0 aliphatic carbocycles. The van der Waals surface area contributed by atoms with Crippen LogP contribution in [0.1, 0.15) is 230 Å². The fraction of sp³-hybridized carbons (Fsp3) is 0.887. The summed E-state index contributed by atoms with van der Waals surface area (Å²) in [6.45, 7) is 45.8. The molecule has 145 heavy (non-hydrogen) atoms. The Bertz CT molecular complexity index is 4460. The number of primary amides is 6. The quantitative estimate of drug-likeness (QED) is 0.0128. The Morgan fingerprint density at radius 1 is 0.234 bits per heavy atom. The molecule has 56 nitrogen and oxygen atoms in total. The molecule has 0 bridgehead atoms. The maximum atomic E-state index is 11.6. The van der Waals surface area contributed by atoms with E-state index in [1.165, 1.54) is 0 Å². The molecule has 0 aromatic heterocycles. The van der Waals surface area contributed by atoms with Gasteiger partial charge in [0, 0.05) is 7.05 Å². The minimum atomic E-state index is -3.97. The lowest BCUT2D eigenvalue weighted by molar-refractivity contribution is -0.134. The summed E-state index contributed by atoms with van der Waals surface area (Å²) in [7, 11) is -33.9. The van der Waals surface area contributed by atoms with Gasteiger partial charge in [-0.05, 0) is 180 Å². The monoisotopic (exact) mass is 2290 g/mol. The molecule has 0 spiro atoms. The van der Waals surface area contributed by atoms with Crippen LogP contribution in [-0.2, 0) is 134 Å². The lowest BCUT2D eigenvalue weighted by Crippen LogP contribution is -2.51. The molecule has 870 valence electrons. The van der Waals surface area contributed by atoms with Crippen LogP contribution in [0.25, 0.3) is 0 Å². The molecule has 65 heteroatoms. The lowest BCUT2D eigenvalue weighted by atomic mass is 9.86. The Morgan fingerprint density at radius 2 is 0.386 bits per heavy atom. The van der Waals surface area contributed by atoms with E-state index >= 15 is 0 Å². The highest BCUT2D eigenvalue weighted by molar-refractivity contribution is 7.87. The van der Waals surface area contributed by atoms with Gasteiger partial charge in [0.25, 0.3) is 103 Å². The van der Waals surface area contributed by atoms with Gasteiger partial charge in [-0.1, -0.05) is 159 Å². The molecular weight excluding hydrogens is 2110 g/mol. The summed E-state index contributed by atoms with van der Waals surface area (Å²) in [6, 6.07) is -4.54. The second kappa shape index (κ2) is 75.7. The lowest BCUT2D eigenvalue weighted by Gasteiger charge is -2.30. The van der Waals surface area contributed by atoms with Crippen LogP contribution in [0.3, 0.4) is 0 Å². The van der Waals surface area contributed by atoms with Gasteiger partial charge >= 0.3 is 0 Å². The van der Waals surface area contributed by atoms with Crippen LogP contribution in [0, 0.1) is 50.7 Å². The molecule has 0 fully saturated rings. The number of nitrogens with two attached hydrogens (primary N) is 6. The first-order chi connectivity index (χ1) is 64.7. The Labute approximate surface area is 860 Å². The molecule has 0 aromatic carbocycles. The molecule has 0 radical (unpaired) electrons. The van der Waals surface area contributed by atoms with E-state index in [0.717, 1.165) is 0 Å². The minimum absolute atomic E-state index is 0.0493. The first-order valence-corrected chi connectivity index (χ1v) is 60.2. The van der Waals surface area contributed by atoms with Crippen molar-refractivity contribution in [3.05, 3.63) is 0 Å². The molecule has 0 aliphatic heterocycles. The van der Waals surface area contributed by atoms with E-state index in [0.29, 0.717) is 70.5 Å². The molecule has 0 rings (SSSR count). The van der Waals surface area contributed by atoms with E-state index in [1.54, 1.807) is 18.0 Å². The third kappa shape index (κ3) is 108. The van der Waals surface area contributed by atoms with Crippen LogP contribution in [0.4, 0.5) is 0 Å². The predicted molar refractivity (Wildman–Crippen MR) is 550 cm³/mol. The highest BCUT2D eigenvalue weighted by atomic mass is 32.3. The summed E-state index contributed by atoms with van der Waals surface area (Å²) in [5.74, 6) is -6.23. The normalized spacial score (nSPS) is 14.3. The molecular formula is C80H178N18O38S9. The van der Waals surface area contributed by atoms with E-state index in [2.05, 4.69) is 53.2 Å². The Hall–Kier alpha value is -6.02. The molecule has 9 atom stereocenters. The maximum Gasteiger partial charge on any atom is 0.264 e. The zero-order valence-electron chi connectivity index (χ0n) is 88.1. The van der Waals surface area contributed by atoms with Gasteiger partial charge < -0.3 is 87.6 Å². The topological polar surface area (TPSA) is 984 Å². The molecule has 35 N–H and O–H groups in total. The maximum absolute atomic E-state index is 11.6. The van der Waals surface area contributed by atoms with Gasteiger partial charge in [0.2, 0.25) is 41.4 Å². The van der Waals surface area contributed by atoms with Gasteiger partial charge in [-0.3, -0.25) is 94.5 Å². The van der Waals surface area contributed by atoms with Crippen molar-refractivity contribution in [2.24, 2.45) is 85.1 Å². The van der Waals surface area contributed by atoms with E-state index in [1.807, 2.05) is 159 Å². The number of carbonyl (C=O) groups excluding carboxylic acids is 9. The standard InChI is InChI=1S/C10H22N2O4S.2C9H20N2O5S.4C9H20N2O4S.2C8H18N2O4S/c1-10(2,3)8(9(13)11-4)12-6-5-7-17(14,15)16;2*1-9(2,3)7(8(12)11-13)10-5-4-6-17(14,15)16;2*1-9(2,3)7(8(10)12)11-5-4-6-16(13,14)15;2*1-7(2)6-8(9(10)12)11-4-3-5-16(13,14)15;2*1-6(2)7(8(9)11)10-4-3-5-15(12,13)14/h8,12H,5-7H2,1-4H3,(H,11,13)(H,14,15,16);2*7,10,13H,4-6H2,1-3H3,(H,11,12)(H,14,15,16);2*7,11H,4-6H2,1-3H3,(H2,10,12)(H,13,14,15);2*7-8,11H,3-6H2,1-2H3,(H2,10,12)(H,13,14,15);2*6-7,10H,3-5H2,1-2H3,(H2,9,11)(H,12,13,14)/t8-;4*7-;2*8-;2*7-/m110101010/s1. The van der Waals surface area contributed by atoms with Crippen molar-refractivity contribution in [3.8, 4) is 0 Å². The summed E-state index contributed by atoms with van der Waals surface area (Å²) in [5, 5.41) is 45.6. The van der Waals surface area contributed by atoms with Crippen molar-refractivity contribution in [2.75, 3.05) is 118 Å². The number of amides is 9. The minimum Gasteiger partial charge on any atom is -0.368 e. The molecule has 9 amide bonds. The van der Waals surface area contributed by atoms with Crippen LogP contribution < -0.4 is 98.5 Å². The smallest absolute Gasteiger partial charge is 0.264 e. The van der Waals surface area contributed by atoms with Gasteiger partial charge in [-0.15, -0.1) is 0 Å². The van der Waals surface area contributed by atoms with Crippen molar-refractivity contribution in [2.45, 2.75) is 284 Å². The third-order valence-corrected chi connectivity index (χ3v) is 25.9. The van der Waals surface area contributed by atoms with Crippen LogP contribution >= 0.6 is 0 Å². The highest BCUT2D eigenvalue weighted by Crippen LogP contribution is 2.24. The SMILES string of the molecule is CC(C)(C)[C@@H](NCCCS(=O)(=O)O)C(=O)NO.CC(C)(C)[C@@H](NCCCS(=O)(=O)O)C(N)=O.CC(C)(C)[C@H](NCCCS(=O)(=O)O)C(=O)NO.CC(C)(C)[C@H](NCCCS(=O)(=O)O)C(N)=O.CC(C)C[C@@H](NCCCS(=O)(=O)O)C(N)=O.CC(C)C[C@H](NCCCS(=O)(=O)O)C(N)=O.CC(C)[C@@H](NCCCS(=O)(=O)O)C(N)=O.CC(C)[C@H](NCCCS(=O)(=O)O)C(N)=O.CNC(=O)[C@@H](NCCCS(=O)(=O)O)C(C)(C)C. The summed E-state index contributed by atoms with van der Waals surface area (Å²) < 4.78 is 264. The second-order valence-electron chi connectivity index (χ2n) is 40.1. The van der Waals surface area contributed by atoms with E-state index in [-0.39, 0.29) is 157 Å². The largest absolute Gasteiger partial charge is 0.368 e. The summed E-state index contributed by atoms with van der Waals surface area (Å²) in [6.07, 6.45) is 3.32. The van der Waals surface area contributed by atoms with Crippen molar-refractivity contribution in [1.29, 1.82) is 0 Å². The average molecular weight is 2290 g/mol. The van der Waals surface area contributed by atoms with Gasteiger partial charge in [0.05, 0.1) is 106 Å². The fourth-order valence-electron chi connectivity index (χ4n) is 11.8. The predicted octanol–water partition coefficient (Wildman–Crippen LogP) is -2.69. The Morgan fingerprint density at radius 3 is 0.503 bits per heavy atom. The van der Waals surface area contributed by atoms with E-state index < -0.39 is 204 Å². The van der Waals surface area contributed by atoms with Crippen LogP contribution in [0.5, 0.6) is 0 Å². The zero-order chi connectivity index (χ0) is 117. The molecule has 0 aliphatic rings. The second-order valence-corrected chi connectivity index (χ2v) is 54.3. The van der Waals surface area contributed by atoms with Crippen molar-refractivity contribution in [3.63, 3.8) is 0 Å². The van der Waals surface area contributed by atoms with E-state index in [4.69, 9.17) is 85.8 Å². The summed E-state index contributed by atoms with van der Waals surface area (Å²) >= 11 is 0. The van der Waals surface area contributed by atoms with Gasteiger partial charge in [0.15, 0.2) is 0 Å². The Kier molecular flexibility index (Phi) is 81.7. The molecule has 0 aromatic rings. The fourth-order valence-corrected chi connectivity index (χ4v) is 16.4. The molecule has 0 saturated heterocycles. The number of hydrogen-bond acceptors (Lipinski definition) is 38. The van der Waals surface area contributed by atoms with E-state index in [9.17, 15) is 119 Å². The average Bonchev–Trinajstić information content (AvgIpc) is 0.874. The summed E-state index contributed by atoms with van der Waals surface area (Å²) in [4.78, 5) is 100. The van der Waals surface area contributed by atoms with Crippen molar-refractivity contribution >= 4 is 144 Å². The number of hydrogen-bond donors (Lipinski definition) is 29. The number of carbonyl (C=O) groups is 9. The van der Waals surface area contributed by atoms with Crippen LogP contribution in [0.15, 0.2) is 0 Å². The molecule has 0 saturated carbocycles. The number of nitrogens with one attached hydrogen (secondary N) is 12. The van der Waals surface area contributed by atoms with Crippen LogP contribution in [0.2, 0.25) is 0 Å². The number of rotatable bonds is 60. The number of hydroxylamine groups is 2. The van der Waals surface area contributed by atoms with Gasteiger partial charge in [-0.25, -0.2) is 11.0 Å². The first kappa shape index (κ1) is 157. The molecule has 0 unspecified atom stereocenters. The third-order valence-electron chi connectivity index (χ3n) is 18.7. The first-order valence-electron chi connectivity index (χ1n) is 45.7. The number of likely N-dealkylation sites (N-methyl/N-ethyl adjacent to an activating group) is 1.